The van der Waals surface area contributed by atoms with Gasteiger partial charge in [-0.2, -0.15) is 0 Å². The molecule has 0 saturated heterocycles. The maximum atomic E-state index is 3.80. The molecule has 2 fully saturated rings. The highest BCUT2D eigenvalue weighted by Crippen LogP contribution is 2.58. The highest BCUT2D eigenvalue weighted by atomic mass is 79.9. The van der Waals surface area contributed by atoms with Crippen molar-refractivity contribution in [3.05, 3.63) is 12.2 Å². The highest BCUT2D eigenvalue weighted by Gasteiger charge is 2.51. The van der Waals surface area contributed by atoms with Crippen molar-refractivity contribution in [3.8, 4) is 0 Å². The van der Waals surface area contributed by atoms with Gasteiger partial charge < -0.3 is 0 Å². The Balaban J connectivity index is 1.94. The molecule has 3 aliphatic carbocycles. The summed E-state index contributed by atoms with van der Waals surface area (Å²) < 4.78 is 0. The van der Waals surface area contributed by atoms with Crippen molar-refractivity contribution in [2.24, 2.45) is 23.7 Å². The van der Waals surface area contributed by atoms with Crippen molar-refractivity contribution >= 4 is 15.9 Å². The summed E-state index contributed by atoms with van der Waals surface area (Å²) >= 11 is 3.80. The lowest BCUT2D eigenvalue weighted by atomic mass is 9.81. The van der Waals surface area contributed by atoms with E-state index in [0.29, 0.717) is 0 Å². The quantitative estimate of drug-likeness (QED) is 0.428. The number of hydrogen-bond donors (Lipinski definition) is 0. The van der Waals surface area contributed by atoms with Crippen LogP contribution in [0.1, 0.15) is 19.3 Å². The average Bonchev–Trinajstić information content (AvgIpc) is 2.52. The molecule has 3 rings (SSSR count). The highest BCUT2D eigenvalue weighted by molar-refractivity contribution is 9.09. The Morgan fingerprint density at radius 3 is 3.00 bits per heavy atom. The van der Waals surface area contributed by atoms with Crippen molar-refractivity contribution < 1.29 is 0 Å². The molecular weight excluding hydrogens is 200 g/mol. The predicted octanol–water partition coefficient (Wildman–Crippen LogP) is 2.98. The van der Waals surface area contributed by atoms with E-state index in [-0.39, 0.29) is 0 Å². The summed E-state index contributed by atoms with van der Waals surface area (Å²) in [5.74, 6) is 4.06. The van der Waals surface area contributed by atoms with E-state index < -0.39 is 0 Å². The van der Waals surface area contributed by atoms with E-state index in [0.717, 1.165) is 28.5 Å². The van der Waals surface area contributed by atoms with Crippen LogP contribution in [-0.4, -0.2) is 4.83 Å². The second kappa shape index (κ2) is 2.12. The van der Waals surface area contributed by atoms with Crippen molar-refractivity contribution in [2.45, 2.75) is 24.1 Å². The summed E-state index contributed by atoms with van der Waals surface area (Å²) in [5, 5.41) is 0. The van der Waals surface area contributed by atoms with Crippen molar-refractivity contribution in [1.82, 2.24) is 0 Å². The number of halogens is 1. The van der Waals surface area contributed by atoms with E-state index in [1.807, 2.05) is 0 Å². The Morgan fingerprint density at radius 2 is 2.09 bits per heavy atom. The van der Waals surface area contributed by atoms with E-state index in [2.05, 4.69) is 28.1 Å². The molecular formula is C10H13Br. The van der Waals surface area contributed by atoms with E-state index in [9.17, 15) is 0 Å². The van der Waals surface area contributed by atoms with Crippen LogP contribution in [0.2, 0.25) is 0 Å². The minimum absolute atomic E-state index is 0.844. The van der Waals surface area contributed by atoms with Crippen LogP contribution in [0.25, 0.3) is 0 Å². The lowest BCUT2D eigenvalue weighted by Gasteiger charge is -2.27. The number of allylic oxidation sites excluding steroid dienone is 2. The summed E-state index contributed by atoms with van der Waals surface area (Å²) in [5.41, 5.74) is 0. The molecule has 0 amide bonds. The summed E-state index contributed by atoms with van der Waals surface area (Å²) in [6.07, 6.45) is 9.22. The third-order valence-corrected chi connectivity index (χ3v) is 4.98. The fourth-order valence-electron chi connectivity index (χ4n) is 3.46. The third kappa shape index (κ3) is 0.756. The van der Waals surface area contributed by atoms with E-state index in [1.165, 1.54) is 19.3 Å². The van der Waals surface area contributed by atoms with Gasteiger partial charge in [-0.15, -0.1) is 0 Å². The Kier molecular flexibility index (Phi) is 1.30. The Labute approximate surface area is 76.2 Å². The first-order chi connectivity index (χ1) is 5.36. The molecule has 0 aromatic rings. The predicted molar refractivity (Wildman–Crippen MR) is 49.7 cm³/mol. The average molecular weight is 213 g/mol. The largest absolute Gasteiger partial charge is 0.0887 e. The van der Waals surface area contributed by atoms with E-state index in [4.69, 9.17) is 0 Å². The van der Waals surface area contributed by atoms with Crippen LogP contribution >= 0.6 is 15.9 Å². The molecule has 0 aromatic carbocycles. The topological polar surface area (TPSA) is 0 Å². The molecule has 0 heterocycles. The molecule has 0 radical (unpaired) electrons. The van der Waals surface area contributed by atoms with Gasteiger partial charge in [0.05, 0.1) is 0 Å². The number of hydrogen-bond acceptors (Lipinski definition) is 0. The van der Waals surface area contributed by atoms with E-state index >= 15 is 0 Å². The van der Waals surface area contributed by atoms with Crippen LogP contribution < -0.4 is 0 Å². The maximum absolute atomic E-state index is 3.80. The van der Waals surface area contributed by atoms with Crippen LogP contribution in [0.5, 0.6) is 0 Å². The van der Waals surface area contributed by atoms with Gasteiger partial charge in [0.25, 0.3) is 0 Å². The van der Waals surface area contributed by atoms with Crippen LogP contribution in [0, 0.1) is 23.7 Å². The molecule has 3 aliphatic rings. The van der Waals surface area contributed by atoms with Crippen molar-refractivity contribution in [1.29, 1.82) is 0 Å². The first kappa shape index (κ1) is 6.71. The molecule has 0 N–H and O–H groups in total. The van der Waals surface area contributed by atoms with Crippen LogP contribution in [-0.2, 0) is 0 Å². The standard InChI is InChI=1S/C10H13Br/c11-10-5-6-4-9(10)8-3-1-2-7(6)8/h1,3,6-10H,2,4-5H2/t6-,7?,8?,9-,10-/m0/s1. The molecule has 0 aromatic heterocycles. The lowest BCUT2D eigenvalue weighted by Crippen LogP contribution is -2.24. The van der Waals surface area contributed by atoms with Crippen LogP contribution in [0.15, 0.2) is 12.2 Å². The molecule has 11 heavy (non-hydrogen) atoms. The molecule has 2 saturated carbocycles. The van der Waals surface area contributed by atoms with Gasteiger partial charge in [-0.25, -0.2) is 0 Å². The van der Waals surface area contributed by atoms with Gasteiger partial charge in [0, 0.05) is 4.83 Å². The minimum atomic E-state index is 0.844. The van der Waals surface area contributed by atoms with Crippen LogP contribution in [0.4, 0.5) is 0 Å². The van der Waals surface area contributed by atoms with E-state index in [1.54, 1.807) is 0 Å². The maximum Gasteiger partial charge on any atom is 0.0182 e. The second-order valence-corrected chi connectivity index (χ2v) is 5.49. The third-order valence-electron chi connectivity index (χ3n) is 3.93. The van der Waals surface area contributed by atoms with Gasteiger partial charge in [-0.3, -0.25) is 0 Å². The summed E-state index contributed by atoms with van der Waals surface area (Å²) in [4.78, 5) is 0.844. The summed E-state index contributed by atoms with van der Waals surface area (Å²) in [6, 6.07) is 0. The number of alkyl halides is 1. The van der Waals surface area contributed by atoms with Crippen molar-refractivity contribution in [2.75, 3.05) is 0 Å². The Morgan fingerprint density at radius 1 is 1.18 bits per heavy atom. The molecule has 60 valence electrons. The SMILES string of the molecule is Br[C@H]1C[C@@H]2C[C@H]1C1C=CCC12. The summed E-state index contributed by atoms with van der Waals surface area (Å²) in [7, 11) is 0. The molecule has 5 atom stereocenters. The van der Waals surface area contributed by atoms with Gasteiger partial charge >= 0.3 is 0 Å². The molecule has 2 bridgehead atoms. The molecule has 1 heteroatoms. The molecule has 0 nitrogen and oxygen atoms in total. The monoisotopic (exact) mass is 212 g/mol. The smallest absolute Gasteiger partial charge is 0.0182 e. The molecule has 0 spiro atoms. The Hall–Kier alpha value is 0.220. The fourth-order valence-corrected chi connectivity index (χ4v) is 4.51. The second-order valence-electron chi connectivity index (χ2n) is 4.32. The zero-order valence-corrected chi connectivity index (χ0v) is 8.13. The zero-order chi connectivity index (χ0) is 7.42. The number of fused-ring (bicyclic) bond motifs is 5. The molecule has 0 aliphatic heterocycles. The molecule has 2 unspecified atom stereocenters. The first-order valence-corrected chi connectivity index (χ1v) is 5.58. The number of rotatable bonds is 0. The van der Waals surface area contributed by atoms with Gasteiger partial charge in [0.15, 0.2) is 0 Å². The van der Waals surface area contributed by atoms with Crippen LogP contribution in [0.3, 0.4) is 0 Å². The summed E-state index contributed by atoms with van der Waals surface area (Å²) in [6.45, 7) is 0. The van der Waals surface area contributed by atoms with Crippen molar-refractivity contribution in [3.63, 3.8) is 0 Å². The fraction of sp³-hybridized carbons (Fsp3) is 0.800. The van der Waals surface area contributed by atoms with Gasteiger partial charge in [0.1, 0.15) is 0 Å². The normalized spacial score (nSPS) is 58.8. The van der Waals surface area contributed by atoms with Gasteiger partial charge in [0.2, 0.25) is 0 Å². The Bertz CT molecular complexity index is 209. The minimum Gasteiger partial charge on any atom is -0.0887 e. The zero-order valence-electron chi connectivity index (χ0n) is 6.54. The van der Waals surface area contributed by atoms with Gasteiger partial charge in [-0.05, 0) is 42.9 Å². The first-order valence-electron chi connectivity index (χ1n) is 4.67. The lowest BCUT2D eigenvalue weighted by molar-refractivity contribution is 0.294. The van der Waals surface area contributed by atoms with Gasteiger partial charge in [-0.1, -0.05) is 28.1 Å².